The van der Waals surface area contributed by atoms with Crippen LogP contribution in [0.1, 0.15) is 30.1 Å². The number of rotatable bonds is 4. The highest BCUT2D eigenvalue weighted by atomic mass is 16.2. The number of hydrogen-bond acceptors (Lipinski definition) is 3. The van der Waals surface area contributed by atoms with Crippen molar-refractivity contribution in [2.45, 2.75) is 25.3 Å². The van der Waals surface area contributed by atoms with E-state index in [4.69, 9.17) is 0 Å². The van der Waals surface area contributed by atoms with Crippen molar-refractivity contribution in [3.05, 3.63) is 76.7 Å². The molecule has 0 spiro atoms. The van der Waals surface area contributed by atoms with Gasteiger partial charge in [0.25, 0.3) is 0 Å². The third-order valence-electron chi connectivity index (χ3n) is 3.90. The molecular weight excluding hydrogens is 276 g/mol. The van der Waals surface area contributed by atoms with E-state index in [1.165, 1.54) is 0 Å². The molecule has 1 fully saturated rings. The number of nitrogens with zero attached hydrogens (tertiary/aromatic N) is 4. The Kier molecular flexibility index (Phi) is 3.11. The molecule has 2 aromatic heterocycles. The van der Waals surface area contributed by atoms with Crippen LogP contribution in [0.5, 0.6) is 0 Å². The van der Waals surface area contributed by atoms with Crippen LogP contribution in [0.2, 0.25) is 0 Å². The number of para-hydroxylation sites is 1. The molecular formula is C17H16N4O. The van der Waals surface area contributed by atoms with E-state index in [0.717, 1.165) is 29.9 Å². The SMILES string of the molecule is O=c1n(Cc2ccncc2)nc(C2CC2)n1-c1ccccc1. The minimum atomic E-state index is -0.0788. The molecule has 0 aliphatic heterocycles. The molecule has 3 aromatic rings. The van der Waals surface area contributed by atoms with Crippen LogP contribution in [0, 0.1) is 0 Å². The first-order valence-corrected chi connectivity index (χ1v) is 7.47. The fourth-order valence-corrected chi connectivity index (χ4v) is 2.61. The topological polar surface area (TPSA) is 52.7 Å². The molecule has 1 saturated carbocycles. The summed E-state index contributed by atoms with van der Waals surface area (Å²) in [7, 11) is 0. The van der Waals surface area contributed by atoms with Crippen molar-refractivity contribution in [3.8, 4) is 5.69 Å². The first kappa shape index (κ1) is 13.0. The molecule has 1 aliphatic carbocycles. The maximum Gasteiger partial charge on any atom is 0.350 e. The number of hydrogen-bond donors (Lipinski definition) is 0. The molecule has 0 amide bonds. The van der Waals surface area contributed by atoms with E-state index in [1.807, 2.05) is 42.5 Å². The van der Waals surface area contributed by atoms with Crippen LogP contribution in [0.4, 0.5) is 0 Å². The second kappa shape index (κ2) is 5.26. The number of pyridine rings is 1. The van der Waals surface area contributed by atoms with Gasteiger partial charge in [0.2, 0.25) is 0 Å². The van der Waals surface area contributed by atoms with Gasteiger partial charge < -0.3 is 0 Å². The van der Waals surface area contributed by atoms with Crippen molar-refractivity contribution in [1.82, 2.24) is 19.3 Å². The van der Waals surface area contributed by atoms with Crippen molar-refractivity contribution in [1.29, 1.82) is 0 Å². The van der Waals surface area contributed by atoms with Crippen LogP contribution in [0.3, 0.4) is 0 Å². The van der Waals surface area contributed by atoms with Crippen LogP contribution in [-0.4, -0.2) is 19.3 Å². The highest BCUT2D eigenvalue weighted by Gasteiger charge is 2.31. The molecule has 0 bridgehead atoms. The zero-order valence-electron chi connectivity index (χ0n) is 12.1. The Morgan fingerprint density at radius 3 is 2.45 bits per heavy atom. The van der Waals surface area contributed by atoms with Gasteiger partial charge in [0.05, 0.1) is 12.2 Å². The minimum absolute atomic E-state index is 0.0788. The molecule has 2 heterocycles. The Balaban J connectivity index is 1.80. The molecule has 5 heteroatoms. The fraction of sp³-hybridized carbons (Fsp3) is 0.235. The Morgan fingerprint density at radius 1 is 1.05 bits per heavy atom. The van der Waals surface area contributed by atoms with Gasteiger partial charge in [-0.15, -0.1) is 0 Å². The second-order valence-electron chi connectivity index (χ2n) is 5.60. The molecule has 0 radical (unpaired) electrons. The Labute approximate surface area is 127 Å². The first-order chi connectivity index (χ1) is 10.8. The summed E-state index contributed by atoms with van der Waals surface area (Å²) >= 11 is 0. The van der Waals surface area contributed by atoms with E-state index in [0.29, 0.717) is 12.5 Å². The summed E-state index contributed by atoms with van der Waals surface area (Å²) in [6, 6.07) is 13.6. The number of benzene rings is 1. The van der Waals surface area contributed by atoms with Crippen LogP contribution < -0.4 is 5.69 Å². The van der Waals surface area contributed by atoms with Gasteiger partial charge in [-0.3, -0.25) is 4.98 Å². The van der Waals surface area contributed by atoms with Gasteiger partial charge in [0.15, 0.2) is 0 Å². The summed E-state index contributed by atoms with van der Waals surface area (Å²) in [5.41, 5.74) is 1.83. The van der Waals surface area contributed by atoms with E-state index in [9.17, 15) is 4.79 Å². The van der Waals surface area contributed by atoms with Crippen molar-refractivity contribution in [2.75, 3.05) is 0 Å². The summed E-state index contributed by atoms with van der Waals surface area (Å²) in [4.78, 5) is 16.8. The molecule has 5 nitrogen and oxygen atoms in total. The zero-order chi connectivity index (χ0) is 14.9. The van der Waals surface area contributed by atoms with Crippen LogP contribution in [0.25, 0.3) is 5.69 Å². The van der Waals surface area contributed by atoms with Crippen LogP contribution in [-0.2, 0) is 6.54 Å². The lowest BCUT2D eigenvalue weighted by molar-refractivity contribution is 0.647. The van der Waals surface area contributed by atoms with E-state index >= 15 is 0 Å². The summed E-state index contributed by atoms with van der Waals surface area (Å²) in [5, 5.41) is 4.59. The molecule has 4 rings (SSSR count). The van der Waals surface area contributed by atoms with Crippen LogP contribution >= 0.6 is 0 Å². The normalized spacial score (nSPS) is 14.2. The largest absolute Gasteiger partial charge is 0.350 e. The molecule has 0 unspecified atom stereocenters. The molecule has 0 saturated heterocycles. The predicted molar refractivity (Wildman–Crippen MR) is 83.1 cm³/mol. The summed E-state index contributed by atoms with van der Waals surface area (Å²) < 4.78 is 3.30. The average Bonchev–Trinajstić information content (AvgIpc) is 3.35. The van der Waals surface area contributed by atoms with Crippen molar-refractivity contribution >= 4 is 0 Å². The standard InChI is InChI=1S/C17H16N4O/c22-17-20(12-13-8-10-18-11-9-13)19-16(14-6-7-14)21(17)15-4-2-1-3-5-15/h1-5,8-11,14H,6-7,12H2. The molecule has 1 aromatic carbocycles. The van der Waals surface area contributed by atoms with E-state index in [-0.39, 0.29) is 5.69 Å². The lowest BCUT2D eigenvalue weighted by Crippen LogP contribution is -2.24. The van der Waals surface area contributed by atoms with Crippen molar-refractivity contribution < 1.29 is 0 Å². The van der Waals surface area contributed by atoms with Crippen LogP contribution in [0.15, 0.2) is 59.7 Å². The summed E-state index contributed by atoms with van der Waals surface area (Å²) in [5.74, 6) is 1.29. The second-order valence-corrected chi connectivity index (χ2v) is 5.60. The Hall–Kier alpha value is -2.69. The first-order valence-electron chi connectivity index (χ1n) is 7.47. The summed E-state index contributed by atoms with van der Waals surface area (Å²) in [6.45, 7) is 0.473. The fourth-order valence-electron chi connectivity index (χ4n) is 2.61. The van der Waals surface area contributed by atoms with Gasteiger partial charge in [-0.05, 0) is 42.7 Å². The van der Waals surface area contributed by atoms with Gasteiger partial charge in [-0.2, -0.15) is 5.10 Å². The average molecular weight is 292 g/mol. The quantitative estimate of drug-likeness (QED) is 0.741. The van der Waals surface area contributed by atoms with Gasteiger partial charge in [0.1, 0.15) is 5.82 Å². The van der Waals surface area contributed by atoms with Crippen molar-refractivity contribution in [3.63, 3.8) is 0 Å². The van der Waals surface area contributed by atoms with E-state index in [2.05, 4.69) is 10.1 Å². The van der Waals surface area contributed by atoms with Gasteiger partial charge in [-0.25, -0.2) is 14.0 Å². The minimum Gasteiger partial charge on any atom is -0.265 e. The summed E-state index contributed by atoms with van der Waals surface area (Å²) in [6.07, 6.45) is 5.68. The lowest BCUT2D eigenvalue weighted by atomic mass is 10.3. The van der Waals surface area contributed by atoms with Gasteiger partial charge in [0, 0.05) is 18.3 Å². The lowest BCUT2D eigenvalue weighted by Gasteiger charge is -2.03. The third-order valence-corrected chi connectivity index (χ3v) is 3.90. The molecule has 110 valence electrons. The van der Waals surface area contributed by atoms with Gasteiger partial charge >= 0.3 is 5.69 Å². The Morgan fingerprint density at radius 2 is 1.77 bits per heavy atom. The highest BCUT2D eigenvalue weighted by Crippen LogP contribution is 2.39. The molecule has 0 N–H and O–H groups in total. The Bertz CT molecular complexity index is 832. The van der Waals surface area contributed by atoms with E-state index < -0.39 is 0 Å². The monoisotopic (exact) mass is 292 g/mol. The predicted octanol–water partition coefficient (Wildman–Crippen LogP) is 2.35. The third kappa shape index (κ3) is 2.35. The maximum atomic E-state index is 12.8. The molecule has 1 aliphatic rings. The van der Waals surface area contributed by atoms with Gasteiger partial charge in [-0.1, -0.05) is 18.2 Å². The molecule has 0 atom stereocenters. The van der Waals surface area contributed by atoms with Crippen molar-refractivity contribution in [2.24, 2.45) is 0 Å². The smallest absolute Gasteiger partial charge is 0.265 e. The van der Waals surface area contributed by atoms with E-state index in [1.54, 1.807) is 21.6 Å². The number of aromatic nitrogens is 4. The zero-order valence-corrected chi connectivity index (χ0v) is 12.1. The molecule has 22 heavy (non-hydrogen) atoms. The highest BCUT2D eigenvalue weighted by molar-refractivity contribution is 5.33. The maximum absolute atomic E-state index is 12.8.